The van der Waals surface area contributed by atoms with Crippen LogP contribution in [0, 0.1) is 0 Å². The van der Waals surface area contributed by atoms with E-state index in [9.17, 15) is 17.8 Å². The molecule has 4 aromatic rings. The van der Waals surface area contributed by atoms with Gasteiger partial charge in [0.05, 0.1) is 29.5 Å². The number of halogens is 1. The topological polar surface area (TPSA) is 143 Å². The molecular formula is C27H28ClN4O6PS. The molecule has 0 saturated heterocycles. The smallest absolute Gasteiger partial charge is 0.333 e. The van der Waals surface area contributed by atoms with Crippen LogP contribution in [0.15, 0.2) is 89.8 Å². The molecule has 0 saturated carbocycles. The third-order valence-corrected chi connectivity index (χ3v) is 9.25. The Morgan fingerprint density at radius 2 is 1.65 bits per heavy atom. The van der Waals surface area contributed by atoms with Crippen LogP contribution in [-0.2, 0) is 23.6 Å². The van der Waals surface area contributed by atoms with E-state index in [0.717, 1.165) is 0 Å². The van der Waals surface area contributed by atoms with E-state index in [1.54, 1.807) is 74.5 Å². The first-order valence-electron chi connectivity index (χ1n) is 12.3. The lowest BCUT2D eigenvalue weighted by Gasteiger charge is -2.27. The molecule has 0 aliphatic carbocycles. The van der Waals surface area contributed by atoms with Gasteiger partial charge in [-0.3, -0.25) is 9.36 Å². The lowest BCUT2D eigenvalue weighted by molar-refractivity contribution is 0.0931. The maximum absolute atomic E-state index is 13.8. The van der Waals surface area contributed by atoms with Gasteiger partial charge in [0.2, 0.25) is 10.0 Å². The van der Waals surface area contributed by atoms with E-state index in [4.69, 9.17) is 25.8 Å². The molecule has 4 rings (SSSR count). The largest absolute Gasteiger partial charge is 0.357 e. The Morgan fingerprint density at radius 1 is 1.00 bits per heavy atom. The summed E-state index contributed by atoms with van der Waals surface area (Å²) in [5.41, 5.74) is 2.17. The Labute approximate surface area is 237 Å². The zero-order valence-corrected chi connectivity index (χ0v) is 24.2. The second-order valence-electron chi connectivity index (χ2n) is 8.54. The van der Waals surface area contributed by atoms with Crippen molar-refractivity contribution in [1.82, 2.24) is 15.1 Å². The zero-order valence-electron chi connectivity index (χ0n) is 21.7. The SMILES string of the molecule is CCOP(=O)(OCC)C(NC(=O)c1cc(-c2cccc(Cl)c2)n(-c2ccc(S(N)(=O)=O)cc2)n1)c1ccccc1. The third-order valence-electron chi connectivity index (χ3n) is 5.79. The van der Waals surface area contributed by atoms with Gasteiger partial charge in [0.1, 0.15) is 0 Å². The Hall–Kier alpha value is -3.31. The molecule has 210 valence electrons. The van der Waals surface area contributed by atoms with Crippen LogP contribution in [0.2, 0.25) is 5.02 Å². The number of nitrogens with two attached hydrogens (primary N) is 1. The predicted molar refractivity (Wildman–Crippen MR) is 153 cm³/mol. The highest BCUT2D eigenvalue weighted by molar-refractivity contribution is 7.89. The minimum atomic E-state index is -3.90. The molecule has 1 amide bonds. The minimum absolute atomic E-state index is 0.00553. The van der Waals surface area contributed by atoms with Crippen LogP contribution in [0.25, 0.3) is 16.9 Å². The summed E-state index contributed by atoms with van der Waals surface area (Å²) in [6.07, 6.45) is 0. The molecule has 0 aliphatic heterocycles. The number of carbonyl (C=O) groups excluding carboxylic acids is 1. The summed E-state index contributed by atoms with van der Waals surface area (Å²) in [4.78, 5) is 13.6. The summed E-state index contributed by atoms with van der Waals surface area (Å²) in [6.45, 7) is 3.60. The van der Waals surface area contributed by atoms with Crippen molar-refractivity contribution in [3.05, 3.63) is 101 Å². The van der Waals surface area contributed by atoms with Gasteiger partial charge < -0.3 is 14.4 Å². The number of hydrogen-bond donors (Lipinski definition) is 2. The molecule has 1 atom stereocenters. The molecule has 0 fully saturated rings. The fourth-order valence-electron chi connectivity index (χ4n) is 4.04. The van der Waals surface area contributed by atoms with Crippen molar-refractivity contribution in [3.63, 3.8) is 0 Å². The van der Waals surface area contributed by atoms with Gasteiger partial charge in [-0.05, 0) is 61.9 Å². The highest BCUT2D eigenvalue weighted by Crippen LogP contribution is 2.59. The van der Waals surface area contributed by atoms with Crippen LogP contribution in [-0.4, -0.2) is 37.3 Å². The maximum atomic E-state index is 13.8. The van der Waals surface area contributed by atoms with Gasteiger partial charge in [-0.2, -0.15) is 5.10 Å². The normalized spacial score (nSPS) is 12.7. The lowest BCUT2D eigenvalue weighted by atomic mass is 10.1. The summed E-state index contributed by atoms with van der Waals surface area (Å²) in [5, 5.41) is 13.0. The van der Waals surface area contributed by atoms with Crippen LogP contribution < -0.4 is 10.5 Å². The van der Waals surface area contributed by atoms with Crippen LogP contribution >= 0.6 is 19.2 Å². The third kappa shape index (κ3) is 6.69. The molecule has 40 heavy (non-hydrogen) atoms. The number of carbonyl (C=O) groups is 1. The molecule has 13 heteroatoms. The van der Waals surface area contributed by atoms with Gasteiger partial charge in [-0.25, -0.2) is 18.2 Å². The first-order valence-corrected chi connectivity index (χ1v) is 15.8. The number of nitrogens with zero attached hydrogens (tertiary/aromatic N) is 2. The van der Waals surface area contributed by atoms with E-state index >= 15 is 0 Å². The predicted octanol–water partition coefficient (Wildman–Crippen LogP) is 5.53. The first kappa shape index (κ1) is 29.7. The fraction of sp³-hybridized carbons (Fsp3) is 0.185. The van der Waals surface area contributed by atoms with Gasteiger partial charge in [0.25, 0.3) is 5.91 Å². The number of rotatable bonds is 11. The lowest BCUT2D eigenvalue weighted by Crippen LogP contribution is -2.30. The van der Waals surface area contributed by atoms with E-state index in [1.807, 2.05) is 0 Å². The van der Waals surface area contributed by atoms with Gasteiger partial charge in [0.15, 0.2) is 11.5 Å². The summed E-state index contributed by atoms with van der Waals surface area (Å²) < 4.78 is 49.9. The van der Waals surface area contributed by atoms with E-state index in [2.05, 4.69) is 10.4 Å². The average Bonchev–Trinajstić information content (AvgIpc) is 3.38. The molecule has 0 spiro atoms. The molecule has 0 aliphatic rings. The number of amides is 1. The molecule has 0 radical (unpaired) electrons. The van der Waals surface area contributed by atoms with Crippen LogP contribution in [0.4, 0.5) is 0 Å². The van der Waals surface area contributed by atoms with Gasteiger partial charge in [-0.15, -0.1) is 0 Å². The molecular weight excluding hydrogens is 575 g/mol. The van der Waals surface area contributed by atoms with Crippen LogP contribution in [0.5, 0.6) is 0 Å². The fourth-order valence-corrected chi connectivity index (χ4v) is 6.65. The highest BCUT2D eigenvalue weighted by atomic mass is 35.5. The minimum Gasteiger partial charge on any atom is -0.333 e. The number of benzene rings is 3. The Balaban J connectivity index is 1.79. The maximum Gasteiger partial charge on any atom is 0.357 e. The quantitative estimate of drug-likeness (QED) is 0.215. The molecule has 1 aromatic heterocycles. The highest BCUT2D eigenvalue weighted by Gasteiger charge is 2.38. The van der Waals surface area contributed by atoms with Crippen molar-refractivity contribution < 1.29 is 26.8 Å². The Bertz CT molecular complexity index is 1640. The Kier molecular flexibility index (Phi) is 9.25. The van der Waals surface area contributed by atoms with E-state index in [0.29, 0.717) is 27.5 Å². The molecule has 3 N–H and O–H groups in total. The molecule has 1 heterocycles. The van der Waals surface area contributed by atoms with E-state index in [-0.39, 0.29) is 23.8 Å². The molecule has 3 aromatic carbocycles. The first-order chi connectivity index (χ1) is 19.1. The summed E-state index contributed by atoms with van der Waals surface area (Å²) in [5.74, 6) is -1.73. The zero-order chi connectivity index (χ0) is 28.9. The van der Waals surface area contributed by atoms with Gasteiger partial charge in [0, 0.05) is 10.6 Å². The van der Waals surface area contributed by atoms with Crippen LogP contribution in [0.3, 0.4) is 0 Å². The van der Waals surface area contributed by atoms with Crippen molar-refractivity contribution in [2.24, 2.45) is 5.14 Å². The van der Waals surface area contributed by atoms with E-state index < -0.39 is 29.3 Å². The number of aromatic nitrogens is 2. The second kappa shape index (κ2) is 12.5. The van der Waals surface area contributed by atoms with Crippen molar-refractivity contribution >= 4 is 35.1 Å². The number of primary sulfonamides is 1. The van der Waals surface area contributed by atoms with Gasteiger partial charge in [-0.1, -0.05) is 54.1 Å². The molecule has 10 nitrogen and oxygen atoms in total. The standard InChI is InChI=1S/C27H28ClN4O6PS/c1-3-37-39(34,38-4-2)27(19-9-6-5-7-10-19)30-26(33)24-18-25(20-11-8-12-21(28)17-20)32(31-24)22-13-15-23(16-14-22)40(29,35)36/h5-18,27H,3-4H2,1-2H3,(H,30,33)(H2,29,35,36). The Morgan fingerprint density at radius 3 is 2.23 bits per heavy atom. The van der Waals surface area contributed by atoms with Crippen molar-refractivity contribution in [3.8, 4) is 16.9 Å². The van der Waals surface area contributed by atoms with Crippen LogP contribution in [0.1, 0.15) is 35.7 Å². The van der Waals surface area contributed by atoms with E-state index in [1.165, 1.54) is 28.9 Å². The average molecular weight is 603 g/mol. The van der Waals surface area contributed by atoms with Crippen molar-refractivity contribution in [2.45, 2.75) is 24.5 Å². The molecule has 0 bridgehead atoms. The van der Waals surface area contributed by atoms with Crippen molar-refractivity contribution in [1.29, 1.82) is 0 Å². The monoisotopic (exact) mass is 602 g/mol. The number of hydrogen-bond acceptors (Lipinski definition) is 7. The summed E-state index contributed by atoms with van der Waals surface area (Å²) in [6, 6.07) is 23.0. The van der Waals surface area contributed by atoms with Crippen molar-refractivity contribution in [2.75, 3.05) is 13.2 Å². The molecule has 1 unspecified atom stereocenters. The summed E-state index contributed by atoms with van der Waals surface area (Å²) >= 11 is 6.23. The number of nitrogens with one attached hydrogen (secondary N) is 1. The second-order valence-corrected chi connectivity index (χ2v) is 12.6. The van der Waals surface area contributed by atoms with Gasteiger partial charge >= 0.3 is 7.60 Å². The summed E-state index contributed by atoms with van der Waals surface area (Å²) in [7, 11) is -7.73. The number of sulfonamides is 1.